The fourth-order valence-electron chi connectivity index (χ4n) is 1.84. The van der Waals surface area contributed by atoms with Gasteiger partial charge in [0.1, 0.15) is 6.34 Å². The van der Waals surface area contributed by atoms with Crippen LogP contribution in [0.5, 0.6) is 0 Å². The predicted octanol–water partition coefficient (Wildman–Crippen LogP) is 6.44. The lowest BCUT2D eigenvalue weighted by atomic mass is 10.4. The van der Waals surface area contributed by atoms with E-state index in [1.54, 1.807) is 23.9 Å². The Hall–Kier alpha value is -1.82. The number of nitrogens with zero attached hydrogens (tertiary/aromatic N) is 2. The molecule has 0 fully saturated rings. The van der Waals surface area contributed by atoms with Crippen LogP contribution >= 0.6 is 35.8 Å². The van der Waals surface area contributed by atoms with Crippen molar-refractivity contribution in [2.45, 2.75) is 14.7 Å². The van der Waals surface area contributed by atoms with Crippen molar-refractivity contribution in [3.05, 3.63) is 91.0 Å². The largest absolute Gasteiger partial charge is 0.238 e. The molecule has 0 saturated carbocycles. The Balaban J connectivity index is 1.69. The molecule has 0 spiro atoms. The maximum absolute atomic E-state index is 4.51. The van der Waals surface area contributed by atoms with E-state index in [-0.39, 0.29) is 0 Å². The Morgan fingerprint density at radius 3 is 1.46 bits per heavy atom. The Kier molecular flexibility index (Phi) is 6.71. The highest BCUT2D eigenvalue weighted by Gasteiger charge is 2.06. The fraction of sp³-hybridized carbons (Fsp3) is 0. The Morgan fingerprint density at radius 1 is 0.583 bits per heavy atom. The van der Waals surface area contributed by atoms with Gasteiger partial charge in [0, 0.05) is 50.5 Å². The summed E-state index contributed by atoms with van der Waals surface area (Å²) < 4.78 is 6.58. The summed E-state index contributed by atoms with van der Waals surface area (Å²) in [5.41, 5.74) is 0. The monoisotopic (exact) mass is 368 g/mol. The molecule has 120 valence electrons. The minimum absolute atomic E-state index is 1.13. The second-order valence-corrected chi connectivity index (χ2v) is 7.91. The van der Waals surface area contributed by atoms with E-state index in [1.807, 2.05) is 60.9 Å². The van der Waals surface area contributed by atoms with E-state index in [9.17, 15) is 0 Å². The molecule has 0 bridgehead atoms. The zero-order valence-corrected chi connectivity index (χ0v) is 15.3. The van der Waals surface area contributed by atoms with Crippen molar-refractivity contribution >= 4 is 42.2 Å². The van der Waals surface area contributed by atoms with Crippen LogP contribution in [0.4, 0.5) is 0 Å². The van der Waals surface area contributed by atoms with Crippen LogP contribution in [0, 0.1) is 0 Å². The highest BCUT2D eigenvalue weighted by molar-refractivity contribution is 8.12. The van der Waals surface area contributed by atoms with Crippen LogP contribution in [-0.4, -0.2) is 10.0 Å². The lowest BCUT2D eigenvalue weighted by molar-refractivity contribution is 1.16. The fourth-order valence-corrected chi connectivity index (χ4v) is 4.33. The molecule has 0 aromatic heterocycles. The molecule has 0 aliphatic rings. The molecule has 3 aromatic rings. The smallest absolute Gasteiger partial charge is 0.121 e. The van der Waals surface area contributed by atoms with Crippen molar-refractivity contribution in [1.82, 2.24) is 3.71 Å². The van der Waals surface area contributed by atoms with E-state index in [2.05, 4.69) is 44.5 Å². The van der Waals surface area contributed by atoms with Crippen LogP contribution < -0.4 is 0 Å². The average molecular weight is 369 g/mol. The topological polar surface area (TPSA) is 15.6 Å². The summed E-state index contributed by atoms with van der Waals surface area (Å²) in [5.74, 6) is 0. The van der Waals surface area contributed by atoms with Gasteiger partial charge < -0.3 is 0 Å². The van der Waals surface area contributed by atoms with Gasteiger partial charge >= 0.3 is 0 Å². The highest BCUT2D eigenvalue weighted by Crippen LogP contribution is 2.33. The van der Waals surface area contributed by atoms with E-state index in [1.165, 1.54) is 21.7 Å². The molecule has 3 aromatic carbocycles. The summed E-state index contributed by atoms with van der Waals surface area (Å²) >= 11 is 4.78. The molecule has 0 aliphatic carbocycles. The second kappa shape index (κ2) is 9.47. The molecule has 2 nitrogen and oxygen atoms in total. The first-order valence-electron chi connectivity index (χ1n) is 7.41. The van der Waals surface area contributed by atoms with Gasteiger partial charge in [-0.15, -0.1) is 0 Å². The highest BCUT2D eigenvalue weighted by atomic mass is 32.2. The van der Waals surface area contributed by atoms with E-state index in [0.717, 1.165) is 4.90 Å². The van der Waals surface area contributed by atoms with E-state index in [4.69, 9.17) is 0 Å². The van der Waals surface area contributed by atoms with Gasteiger partial charge in [0.2, 0.25) is 0 Å². The number of hydrogen-bond donors (Lipinski definition) is 0. The van der Waals surface area contributed by atoms with Crippen molar-refractivity contribution in [2.24, 2.45) is 4.40 Å². The molecule has 0 atom stereocenters. The first-order chi connectivity index (χ1) is 11.9. The minimum atomic E-state index is 1.13. The van der Waals surface area contributed by atoms with Gasteiger partial charge in [-0.2, -0.15) is 4.40 Å². The van der Waals surface area contributed by atoms with E-state index >= 15 is 0 Å². The van der Waals surface area contributed by atoms with Crippen molar-refractivity contribution in [3.63, 3.8) is 0 Å². The third kappa shape index (κ3) is 5.67. The van der Waals surface area contributed by atoms with Gasteiger partial charge in [-0.1, -0.05) is 54.6 Å². The third-order valence-corrected chi connectivity index (χ3v) is 5.56. The SMILES string of the molecule is C(=NSc1ccccc1)N(Sc1ccccc1)Sc1ccccc1. The molecule has 0 aliphatic heterocycles. The Morgan fingerprint density at radius 2 is 1.00 bits per heavy atom. The maximum Gasteiger partial charge on any atom is 0.121 e. The molecular weight excluding hydrogens is 352 g/mol. The Labute approximate surface area is 155 Å². The average Bonchev–Trinajstić information content (AvgIpc) is 2.64. The Bertz CT molecular complexity index is 708. The molecular formula is C19H16N2S3. The van der Waals surface area contributed by atoms with Gasteiger partial charge in [-0.25, -0.2) is 3.71 Å². The predicted molar refractivity (Wildman–Crippen MR) is 107 cm³/mol. The first-order valence-corrected chi connectivity index (χ1v) is 9.73. The molecule has 24 heavy (non-hydrogen) atoms. The van der Waals surface area contributed by atoms with Crippen LogP contribution in [0.25, 0.3) is 0 Å². The van der Waals surface area contributed by atoms with Gasteiger partial charge in [-0.3, -0.25) is 0 Å². The first kappa shape index (κ1) is 17.0. The molecule has 0 amide bonds. The molecule has 0 N–H and O–H groups in total. The molecule has 0 radical (unpaired) electrons. The van der Waals surface area contributed by atoms with Crippen molar-refractivity contribution < 1.29 is 0 Å². The molecule has 0 saturated heterocycles. The summed E-state index contributed by atoms with van der Waals surface area (Å²) in [6.07, 6.45) is 1.87. The van der Waals surface area contributed by atoms with Crippen molar-refractivity contribution in [1.29, 1.82) is 0 Å². The van der Waals surface area contributed by atoms with Crippen LogP contribution in [0.3, 0.4) is 0 Å². The molecule has 0 heterocycles. The van der Waals surface area contributed by atoms with Crippen molar-refractivity contribution in [3.8, 4) is 0 Å². The number of benzene rings is 3. The van der Waals surface area contributed by atoms with Gasteiger partial charge in [0.05, 0.1) is 0 Å². The van der Waals surface area contributed by atoms with E-state index < -0.39 is 0 Å². The molecule has 0 unspecified atom stereocenters. The van der Waals surface area contributed by atoms with Gasteiger partial charge in [0.15, 0.2) is 0 Å². The van der Waals surface area contributed by atoms with Gasteiger partial charge in [0.25, 0.3) is 0 Å². The number of hydrogen-bond acceptors (Lipinski definition) is 4. The summed E-state index contributed by atoms with van der Waals surface area (Å²) in [6.45, 7) is 0. The standard InChI is InChI=1S/C19H16N2S3/c1-4-10-17(11-5-1)22-20-16-21(23-18-12-6-2-7-13-18)24-19-14-8-3-9-15-19/h1-16H. The summed E-state index contributed by atoms with van der Waals surface area (Å²) in [6, 6.07) is 30.8. The zero-order chi connectivity index (χ0) is 16.5. The van der Waals surface area contributed by atoms with Gasteiger partial charge in [-0.05, 0) is 36.4 Å². The second-order valence-electron chi connectivity index (χ2n) is 4.72. The summed E-state index contributed by atoms with van der Waals surface area (Å²) in [5, 5.41) is 0. The zero-order valence-electron chi connectivity index (χ0n) is 12.9. The van der Waals surface area contributed by atoms with Crippen LogP contribution in [-0.2, 0) is 0 Å². The summed E-state index contributed by atoms with van der Waals surface area (Å²) in [7, 11) is 0. The van der Waals surface area contributed by atoms with Crippen molar-refractivity contribution in [2.75, 3.05) is 0 Å². The van der Waals surface area contributed by atoms with Crippen LogP contribution in [0.15, 0.2) is 110 Å². The molecule has 5 heteroatoms. The number of rotatable bonds is 7. The quantitative estimate of drug-likeness (QED) is 0.271. The van der Waals surface area contributed by atoms with Crippen LogP contribution in [0.2, 0.25) is 0 Å². The molecule has 3 rings (SSSR count). The van der Waals surface area contributed by atoms with E-state index in [0.29, 0.717) is 0 Å². The summed E-state index contributed by atoms with van der Waals surface area (Å²) in [4.78, 5) is 3.48. The lowest BCUT2D eigenvalue weighted by Gasteiger charge is -2.16. The lowest BCUT2D eigenvalue weighted by Crippen LogP contribution is -2.02. The van der Waals surface area contributed by atoms with Crippen LogP contribution in [0.1, 0.15) is 0 Å². The maximum atomic E-state index is 4.51. The minimum Gasteiger partial charge on any atom is -0.238 e. The third-order valence-electron chi connectivity index (χ3n) is 2.92. The normalized spacial score (nSPS) is 10.8.